The molecule has 2 nitrogen and oxygen atoms in total. The van der Waals surface area contributed by atoms with Crippen molar-refractivity contribution < 1.29 is 0 Å². The quantitative estimate of drug-likeness (QED) is 0.284. The molecule has 1 heterocycles. The number of aromatic nitrogens is 2. The van der Waals surface area contributed by atoms with Gasteiger partial charge in [0, 0.05) is 11.8 Å². The van der Waals surface area contributed by atoms with Gasteiger partial charge in [-0.15, -0.1) is 0 Å². The largest absolute Gasteiger partial charge is 0.211 e. The average Bonchev–Trinajstić information content (AvgIpc) is 2.26. The van der Waals surface area contributed by atoms with Crippen LogP contribution in [0.25, 0.3) is 0 Å². The third-order valence-corrected chi connectivity index (χ3v) is 3.69. The number of rotatable bonds is 8. The summed E-state index contributed by atoms with van der Waals surface area (Å²) >= 11 is 13.2. The van der Waals surface area contributed by atoms with Crippen LogP contribution in [0.1, 0.15) is 45.4 Å². The molecule has 17 heavy (non-hydrogen) atoms. The lowest BCUT2D eigenvalue weighted by Crippen LogP contribution is -1.89. The Morgan fingerprint density at radius 3 is 2.24 bits per heavy atom. The first-order chi connectivity index (χ1) is 8.22. The van der Waals surface area contributed by atoms with Crippen LogP contribution in [0.4, 0.5) is 0 Å². The molecule has 0 aliphatic heterocycles. The Morgan fingerprint density at radius 1 is 1.00 bits per heavy atom. The molecule has 0 amide bonds. The minimum absolute atomic E-state index is 0.412. The Balaban J connectivity index is 2.13. The second kappa shape index (κ2) is 9.01. The number of halogens is 2. The van der Waals surface area contributed by atoms with Crippen molar-refractivity contribution in [2.45, 2.75) is 50.6 Å². The molecule has 0 N–H and O–H groups in total. The molecule has 0 saturated carbocycles. The second-order valence-electron chi connectivity index (χ2n) is 3.91. The van der Waals surface area contributed by atoms with Gasteiger partial charge >= 0.3 is 0 Å². The fourth-order valence-corrected chi connectivity index (χ4v) is 2.86. The number of hydrogen-bond donors (Lipinski definition) is 0. The van der Waals surface area contributed by atoms with Gasteiger partial charge in [-0.05, 0) is 6.42 Å². The first kappa shape index (κ1) is 15.1. The lowest BCUT2D eigenvalue weighted by molar-refractivity contribution is 0.627. The van der Waals surface area contributed by atoms with Gasteiger partial charge in [0.2, 0.25) is 0 Å². The van der Waals surface area contributed by atoms with Gasteiger partial charge in [0.1, 0.15) is 10.3 Å². The van der Waals surface area contributed by atoms with Crippen LogP contribution in [-0.2, 0) is 0 Å². The maximum absolute atomic E-state index is 5.80. The van der Waals surface area contributed by atoms with E-state index in [1.807, 2.05) is 0 Å². The van der Waals surface area contributed by atoms with Crippen molar-refractivity contribution in [2.24, 2.45) is 0 Å². The van der Waals surface area contributed by atoms with Crippen LogP contribution in [-0.4, -0.2) is 15.7 Å². The first-order valence-corrected chi connectivity index (χ1v) is 7.79. The van der Waals surface area contributed by atoms with Gasteiger partial charge in [-0.2, -0.15) is 0 Å². The zero-order chi connectivity index (χ0) is 12.5. The maximum atomic E-state index is 5.80. The molecule has 1 aromatic rings. The van der Waals surface area contributed by atoms with E-state index in [0.29, 0.717) is 15.5 Å². The predicted molar refractivity (Wildman–Crippen MR) is 76.2 cm³/mol. The number of hydrogen-bond acceptors (Lipinski definition) is 3. The van der Waals surface area contributed by atoms with Gasteiger partial charge in [-0.3, -0.25) is 0 Å². The summed E-state index contributed by atoms with van der Waals surface area (Å²) in [6.45, 7) is 2.23. The zero-order valence-electron chi connectivity index (χ0n) is 10.1. The molecule has 0 bridgehead atoms. The maximum Gasteiger partial charge on any atom is 0.190 e. The van der Waals surface area contributed by atoms with E-state index in [-0.39, 0.29) is 0 Å². The molecule has 0 radical (unpaired) electrons. The number of nitrogens with zero attached hydrogens (tertiary/aromatic N) is 2. The minimum Gasteiger partial charge on any atom is -0.211 e. The minimum atomic E-state index is 0.412. The van der Waals surface area contributed by atoms with Crippen molar-refractivity contribution >= 4 is 35.0 Å². The molecule has 0 spiro atoms. The molecule has 0 saturated heterocycles. The Hall–Kier alpha value is 0.01000. The fraction of sp³-hybridized carbons (Fsp3) is 0.667. The monoisotopic (exact) mass is 292 g/mol. The Kier molecular flexibility index (Phi) is 7.99. The molecule has 1 aromatic heterocycles. The molecule has 5 heteroatoms. The van der Waals surface area contributed by atoms with E-state index in [2.05, 4.69) is 16.9 Å². The summed E-state index contributed by atoms with van der Waals surface area (Å²) in [6, 6.07) is 1.55. The number of thioether (sulfide) groups is 1. The lowest BCUT2D eigenvalue weighted by atomic mass is 10.1. The molecule has 0 atom stereocenters. The van der Waals surface area contributed by atoms with Crippen molar-refractivity contribution in [1.82, 2.24) is 9.97 Å². The van der Waals surface area contributed by atoms with Crippen LogP contribution in [0.3, 0.4) is 0 Å². The van der Waals surface area contributed by atoms with E-state index in [1.165, 1.54) is 38.5 Å². The van der Waals surface area contributed by atoms with E-state index in [9.17, 15) is 0 Å². The van der Waals surface area contributed by atoms with Gasteiger partial charge in [0.05, 0.1) is 0 Å². The molecule has 96 valence electrons. The summed E-state index contributed by atoms with van der Waals surface area (Å²) in [7, 11) is 0. The molecule has 0 unspecified atom stereocenters. The van der Waals surface area contributed by atoms with Crippen molar-refractivity contribution in [1.29, 1.82) is 0 Å². The normalized spacial score (nSPS) is 10.8. The van der Waals surface area contributed by atoms with Crippen LogP contribution in [0, 0.1) is 0 Å². The van der Waals surface area contributed by atoms with Crippen LogP contribution in [0.2, 0.25) is 10.3 Å². The van der Waals surface area contributed by atoms with Crippen molar-refractivity contribution in [2.75, 3.05) is 5.75 Å². The van der Waals surface area contributed by atoms with Gasteiger partial charge in [-0.25, -0.2) is 9.97 Å². The Bertz CT molecular complexity index is 314. The topological polar surface area (TPSA) is 25.8 Å². The number of unbranched alkanes of at least 4 members (excludes halogenated alkanes) is 5. The zero-order valence-corrected chi connectivity index (χ0v) is 12.4. The van der Waals surface area contributed by atoms with E-state index in [0.717, 1.165) is 5.75 Å². The van der Waals surface area contributed by atoms with Crippen LogP contribution in [0.5, 0.6) is 0 Å². The summed E-state index contributed by atoms with van der Waals surface area (Å²) in [5.41, 5.74) is 0. The van der Waals surface area contributed by atoms with E-state index >= 15 is 0 Å². The van der Waals surface area contributed by atoms with Crippen molar-refractivity contribution in [3.8, 4) is 0 Å². The molecule has 0 aromatic carbocycles. The smallest absolute Gasteiger partial charge is 0.190 e. The van der Waals surface area contributed by atoms with Crippen molar-refractivity contribution in [3.05, 3.63) is 16.4 Å². The summed E-state index contributed by atoms with van der Waals surface area (Å²) in [5, 5.41) is 1.50. The van der Waals surface area contributed by atoms with Crippen LogP contribution >= 0.6 is 35.0 Å². The highest BCUT2D eigenvalue weighted by molar-refractivity contribution is 7.99. The summed E-state index contributed by atoms with van der Waals surface area (Å²) in [4.78, 5) is 8.23. The Labute approximate surface area is 118 Å². The molecule has 0 fully saturated rings. The molecular weight excluding hydrogens is 275 g/mol. The van der Waals surface area contributed by atoms with Crippen LogP contribution < -0.4 is 0 Å². The average molecular weight is 293 g/mol. The highest BCUT2D eigenvalue weighted by atomic mass is 35.5. The predicted octanol–water partition coefficient (Wildman–Crippen LogP) is 5.24. The van der Waals surface area contributed by atoms with Gasteiger partial charge < -0.3 is 0 Å². The summed E-state index contributed by atoms with van der Waals surface area (Å²) in [6.07, 6.45) is 7.79. The second-order valence-corrected chi connectivity index (χ2v) is 5.75. The molecule has 1 rings (SSSR count). The fourth-order valence-electron chi connectivity index (χ4n) is 1.48. The Morgan fingerprint density at radius 2 is 1.59 bits per heavy atom. The van der Waals surface area contributed by atoms with E-state index in [4.69, 9.17) is 23.2 Å². The lowest BCUT2D eigenvalue weighted by Gasteiger charge is -2.01. The highest BCUT2D eigenvalue weighted by Crippen LogP contribution is 2.20. The SMILES string of the molecule is CCCCCCCCSc1nc(Cl)cc(Cl)n1. The first-order valence-electron chi connectivity index (χ1n) is 6.05. The summed E-state index contributed by atoms with van der Waals surface area (Å²) in [5.74, 6) is 1.03. The standard InChI is InChI=1S/C12H18Cl2N2S/c1-2-3-4-5-6-7-8-17-12-15-10(13)9-11(14)16-12/h9H,2-8H2,1H3. The van der Waals surface area contributed by atoms with E-state index in [1.54, 1.807) is 17.8 Å². The van der Waals surface area contributed by atoms with Crippen LogP contribution in [0.15, 0.2) is 11.2 Å². The van der Waals surface area contributed by atoms with Gasteiger partial charge in [0.15, 0.2) is 5.16 Å². The van der Waals surface area contributed by atoms with Crippen molar-refractivity contribution in [3.63, 3.8) is 0 Å². The third-order valence-electron chi connectivity index (χ3n) is 2.37. The molecule has 0 aliphatic rings. The third kappa shape index (κ3) is 7.12. The van der Waals surface area contributed by atoms with E-state index < -0.39 is 0 Å². The molecular formula is C12H18Cl2N2S. The van der Waals surface area contributed by atoms with Gasteiger partial charge in [-0.1, -0.05) is 74.0 Å². The highest BCUT2D eigenvalue weighted by Gasteiger charge is 2.02. The van der Waals surface area contributed by atoms with Gasteiger partial charge in [0.25, 0.3) is 0 Å². The summed E-state index contributed by atoms with van der Waals surface area (Å²) < 4.78 is 0. The molecule has 0 aliphatic carbocycles.